The molecule has 1 aliphatic rings. The van der Waals surface area contributed by atoms with Crippen LogP contribution in [0.15, 0.2) is 36.0 Å². The van der Waals surface area contributed by atoms with Gasteiger partial charge in [-0.1, -0.05) is 17.7 Å². The second-order valence-electron chi connectivity index (χ2n) is 7.82. The van der Waals surface area contributed by atoms with Crippen molar-refractivity contribution in [2.45, 2.75) is 25.6 Å². The Kier molecular flexibility index (Phi) is 6.96. The van der Waals surface area contributed by atoms with Crippen LogP contribution in [0.2, 0.25) is 4.34 Å². The summed E-state index contributed by atoms with van der Waals surface area (Å²) in [7, 11) is 1.51. The summed E-state index contributed by atoms with van der Waals surface area (Å²) in [6, 6.07) is 6.39. The smallest absolute Gasteiger partial charge is 0.261 e. The fraction of sp³-hybridized carbons (Fsp3) is 0.364. The van der Waals surface area contributed by atoms with Crippen LogP contribution >= 0.6 is 22.9 Å². The molecular formula is C22H24ClN5O4S. The van der Waals surface area contributed by atoms with Crippen molar-refractivity contribution in [1.82, 2.24) is 19.8 Å². The number of amides is 2. The Labute approximate surface area is 200 Å². The molecule has 0 spiro atoms. The largest absolute Gasteiger partial charge is 0.483 e. The van der Waals surface area contributed by atoms with Crippen LogP contribution in [0.3, 0.4) is 0 Å². The van der Waals surface area contributed by atoms with Crippen molar-refractivity contribution >= 4 is 51.5 Å². The number of ether oxygens (including phenoxy) is 2. The molecule has 2 aromatic heterocycles. The molecule has 2 N–H and O–H groups in total. The summed E-state index contributed by atoms with van der Waals surface area (Å²) < 4.78 is 11.4. The molecule has 1 aromatic carbocycles. The van der Waals surface area contributed by atoms with Gasteiger partial charge in [0.2, 0.25) is 5.91 Å². The van der Waals surface area contributed by atoms with Crippen LogP contribution in [0.1, 0.15) is 12.5 Å². The van der Waals surface area contributed by atoms with Gasteiger partial charge in [-0.25, -0.2) is 9.97 Å². The summed E-state index contributed by atoms with van der Waals surface area (Å²) in [5.41, 5.74) is 7.54. The van der Waals surface area contributed by atoms with Gasteiger partial charge in [-0.2, -0.15) is 0 Å². The summed E-state index contributed by atoms with van der Waals surface area (Å²) in [6.45, 7) is 2.58. The number of carbonyl (C=O) groups is 2. The number of nitrogen functional groups attached to an aromatic ring is 1. The van der Waals surface area contributed by atoms with E-state index in [2.05, 4.69) is 9.97 Å². The second-order valence-corrected chi connectivity index (χ2v) is 9.36. The molecule has 174 valence electrons. The SMILES string of the molecule is COC[C@H]1C(=O)N(Cc2ccc3c(N)ncnc3c2)C(C)CN1C(=O)COc1csc(Cl)c1. The van der Waals surface area contributed by atoms with Gasteiger partial charge in [0.15, 0.2) is 6.61 Å². The lowest BCUT2D eigenvalue weighted by atomic mass is 10.0. The molecule has 11 heteroatoms. The molecule has 33 heavy (non-hydrogen) atoms. The molecule has 1 aliphatic heterocycles. The number of nitrogens with two attached hydrogens (primary N) is 1. The average Bonchev–Trinajstić information content (AvgIpc) is 3.22. The number of hydrogen-bond acceptors (Lipinski definition) is 8. The number of aromatic nitrogens is 2. The number of carbonyl (C=O) groups excluding carboxylic acids is 2. The third-order valence-corrected chi connectivity index (χ3v) is 6.64. The molecule has 0 aliphatic carbocycles. The molecule has 1 unspecified atom stereocenters. The molecule has 4 rings (SSSR count). The van der Waals surface area contributed by atoms with Crippen LogP contribution in [0.25, 0.3) is 10.9 Å². The first-order valence-corrected chi connectivity index (χ1v) is 11.6. The number of rotatable bonds is 7. The summed E-state index contributed by atoms with van der Waals surface area (Å²) >= 11 is 7.24. The van der Waals surface area contributed by atoms with E-state index in [1.165, 1.54) is 29.7 Å². The molecule has 3 aromatic rings. The number of anilines is 1. The molecule has 3 heterocycles. The number of benzene rings is 1. The van der Waals surface area contributed by atoms with Gasteiger partial charge >= 0.3 is 0 Å². The molecule has 2 amide bonds. The molecule has 0 radical (unpaired) electrons. The third-order valence-electron chi connectivity index (χ3n) is 5.57. The molecule has 0 bridgehead atoms. The number of nitrogens with zero attached hydrogens (tertiary/aromatic N) is 4. The lowest BCUT2D eigenvalue weighted by molar-refractivity contribution is -0.159. The lowest BCUT2D eigenvalue weighted by Crippen LogP contribution is -2.63. The van der Waals surface area contributed by atoms with Gasteiger partial charge in [0, 0.05) is 43.1 Å². The maximum Gasteiger partial charge on any atom is 0.261 e. The number of hydrogen-bond donors (Lipinski definition) is 1. The highest BCUT2D eigenvalue weighted by molar-refractivity contribution is 7.14. The van der Waals surface area contributed by atoms with Crippen LogP contribution in [-0.2, 0) is 20.9 Å². The Bertz CT molecular complexity index is 1170. The van der Waals surface area contributed by atoms with Crippen LogP contribution in [0.5, 0.6) is 5.75 Å². The van der Waals surface area contributed by atoms with E-state index in [0.717, 1.165) is 10.9 Å². The van der Waals surface area contributed by atoms with Gasteiger partial charge in [0.1, 0.15) is 23.9 Å². The van der Waals surface area contributed by atoms with E-state index >= 15 is 0 Å². The van der Waals surface area contributed by atoms with Gasteiger partial charge in [0.25, 0.3) is 5.91 Å². The highest BCUT2D eigenvalue weighted by Gasteiger charge is 2.41. The molecule has 2 atom stereocenters. The lowest BCUT2D eigenvalue weighted by Gasteiger charge is -2.44. The maximum atomic E-state index is 13.4. The fourth-order valence-corrected chi connectivity index (χ4v) is 4.69. The van der Waals surface area contributed by atoms with E-state index in [0.29, 0.717) is 34.5 Å². The number of piperazine rings is 1. The summed E-state index contributed by atoms with van der Waals surface area (Å²) in [6.07, 6.45) is 1.42. The number of thiophene rings is 1. The summed E-state index contributed by atoms with van der Waals surface area (Å²) in [5.74, 6) is 0.484. The minimum atomic E-state index is -0.730. The first kappa shape index (κ1) is 23.2. The average molecular weight is 490 g/mol. The molecule has 1 fully saturated rings. The third kappa shape index (κ3) is 5.02. The monoisotopic (exact) mass is 489 g/mol. The minimum absolute atomic E-state index is 0.0968. The summed E-state index contributed by atoms with van der Waals surface area (Å²) in [5, 5.41) is 2.50. The zero-order chi connectivity index (χ0) is 23.5. The zero-order valence-electron chi connectivity index (χ0n) is 18.2. The highest BCUT2D eigenvalue weighted by atomic mass is 35.5. The molecule has 0 saturated carbocycles. The predicted octanol–water partition coefficient (Wildman–Crippen LogP) is 2.58. The van der Waals surface area contributed by atoms with Gasteiger partial charge < -0.3 is 25.0 Å². The van der Waals surface area contributed by atoms with Crippen molar-refractivity contribution < 1.29 is 19.1 Å². The summed E-state index contributed by atoms with van der Waals surface area (Å²) in [4.78, 5) is 37.9. The first-order chi connectivity index (χ1) is 15.9. The predicted molar refractivity (Wildman–Crippen MR) is 126 cm³/mol. The van der Waals surface area contributed by atoms with E-state index in [1.807, 2.05) is 25.1 Å². The van der Waals surface area contributed by atoms with Crippen LogP contribution in [0.4, 0.5) is 5.82 Å². The van der Waals surface area contributed by atoms with Crippen LogP contribution in [-0.4, -0.2) is 70.5 Å². The standard InChI is InChI=1S/C22H24ClN5O4S/c1-13-7-28(20(29)10-32-15-6-19(23)33-11-15)18(9-31-2)22(30)27(13)8-14-3-4-16-17(5-14)25-12-26-21(16)24/h3-6,11-13,18H,7-10H2,1-2H3,(H2,24,25,26)/t13?,18-/m0/s1. The Morgan fingerprint density at radius 2 is 2.15 bits per heavy atom. The molecule has 9 nitrogen and oxygen atoms in total. The number of fused-ring (bicyclic) bond motifs is 1. The second kappa shape index (κ2) is 9.90. The van der Waals surface area contributed by atoms with E-state index in [-0.39, 0.29) is 31.1 Å². The van der Waals surface area contributed by atoms with E-state index in [1.54, 1.807) is 16.3 Å². The van der Waals surface area contributed by atoms with Crippen molar-refractivity contribution in [3.63, 3.8) is 0 Å². The zero-order valence-corrected chi connectivity index (χ0v) is 19.8. The van der Waals surface area contributed by atoms with E-state index in [4.69, 9.17) is 26.8 Å². The van der Waals surface area contributed by atoms with E-state index in [9.17, 15) is 9.59 Å². The van der Waals surface area contributed by atoms with Crippen molar-refractivity contribution in [3.8, 4) is 5.75 Å². The molecule has 1 saturated heterocycles. The van der Waals surface area contributed by atoms with Crippen molar-refractivity contribution in [2.75, 3.05) is 32.6 Å². The van der Waals surface area contributed by atoms with Crippen LogP contribution < -0.4 is 10.5 Å². The maximum absolute atomic E-state index is 13.4. The van der Waals surface area contributed by atoms with Crippen molar-refractivity contribution in [1.29, 1.82) is 0 Å². The minimum Gasteiger partial charge on any atom is -0.483 e. The highest BCUT2D eigenvalue weighted by Crippen LogP contribution is 2.26. The van der Waals surface area contributed by atoms with Gasteiger partial charge in [-0.15, -0.1) is 11.3 Å². The van der Waals surface area contributed by atoms with Gasteiger partial charge in [-0.3, -0.25) is 9.59 Å². The Morgan fingerprint density at radius 3 is 2.88 bits per heavy atom. The quantitative estimate of drug-likeness (QED) is 0.543. The first-order valence-electron chi connectivity index (χ1n) is 10.3. The normalized spacial score (nSPS) is 18.7. The Balaban J connectivity index is 1.49. The van der Waals surface area contributed by atoms with Crippen LogP contribution in [0, 0.1) is 0 Å². The topological polar surface area (TPSA) is 111 Å². The van der Waals surface area contributed by atoms with Gasteiger partial charge in [0.05, 0.1) is 16.5 Å². The number of methoxy groups -OCH3 is 1. The molecular weight excluding hydrogens is 466 g/mol. The van der Waals surface area contributed by atoms with Crippen molar-refractivity contribution in [3.05, 3.63) is 45.9 Å². The Hall–Kier alpha value is -2.95. The number of halogens is 1. The van der Waals surface area contributed by atoms with E-state index < -0.39 is 6.04 Å². The Morgan fingerprint density at radius 1 is 1.33 bits per heavy atom. The van der Waals surface area contributed by atoms with Gasteiger partial charge in [-0.05, 0) is 24.6 Å². The van der Waals surface area contributed by atoms with Crippen molar-refractivity contribution in [2.24, 2.45) is 0 Å². The fourth-order valence-electron chi connectivity index (χ4n) is 3.90.